The lowest BCUT2D eigenvalue weighted by atomic mass is 10.3. The van der Waals surface area contributed by atoms with Crippen molar-refractivity contribution in [2.45, 2.75) is 24.3 Å². The minimum atomic E-state index is -3.68. The van der Waals surface area contributed by atoms with Crippen LogP contribution in [0.25, 0.3) is 0 Å². The van der Waals surface area contributed by atoms with E-state index in [0.29, 0.717) is 50.0 Å². The summed E-state index contributed by atoms with van der Waals surface area (Å²) in [5, 5.41) is 0. The Kier molecular flexibility index (Phi) is 4.46. The van der Waals surface area contributed by atoms with Crippen LogP contribution in [0.15, 0.2) is 41.4 Å². The van der Waals surface area contributed by atoms with Gasteiger partial charge in [-0.15, -0.1) is 0 Å². The lowest BCUT2D eigenvalue weighted by Crippen LogP contribution is -2.32. The highest BCUT2D eigenvalue weighted by atomic mass is 32.2. The van der Waals surface area contributed by atoms with E-state index in [4.69, 9.17) is 14.2 Å². The van der Waals surface area contributed by atoms with Crippen molar-refractivity contribution < 1.29 is 22.6 Å². The Morgan fingerprint density at radius 3 is 2.85 bits per heavy atom. The van der Waals surface area contributed by atoms with Crippen LogP contribution in [0.5, 0.6) is 17.2 Å². The van der Waals surface area contributed by atoms with Crippen molar-refractivity contribution in [2.75, 3.05) is 26.3 Å². The molecule has 138 valence electrons. The molecular formula is C18H20N2O5S. The molecule has 7 nitrogen and oxygen atoms in total. The summed E-state index contributed by atoms with van der Waals surface area (Å²) in [7, 11) is -3.68. The second-order valence-corrected chi connectivity index (χ2v) is 8.21. The van der Waals surface area contributed by atoms with E-state index in [9.17, 15) is 8.42 Å². The van der Waals surface area contributed by atoms with Crippen molar-refractivity contribution in [2.24, 2.45) is 0 Å². The summed E-state index contributed by atoms with van der Waals surface area (Å²) in [5.41, 5.74) is 0.907. The molecule has 1 fully saturated rings. The van der Waals surface area contributed by atoms with Gasteiger partial charge in [0.2, 0.25) is 10.0 Å². The molecule has 0 unspecified atom stereocenters. The Hall–Kier alpha value is -2.32. The fourth-order valence-electron chi connectivity index (χ4n) is 3.12. The van der Waals surface area contributed by atoms with Gasteiger partial charge in [-0.2, -0.15) is 4.31 Å². The first-order chi connectivity index (χ1) is 12.5. The van der Waals surface area contributed by atoms with Crippen LogP contribution in [0.3, 0.4) is 0 Å². The van der Waals surface area contributed by atoms with Crippen molar-refractivity contribution in [1.29, 1.82) is 0 Å². The summed E-state index contributed by atoms with van der Waals surface area (Å²) in [4.78, 5) is 4.34. The number of nitrogens with zero attached hydrogens (tertiary/aromatic N) is 2. The van der Waals surface area contributed by atoms with Gasteiger partial charge in [0.25, 0.3) is 0 Å². The van der Waals surface area contributed by atoms with Gasteiger partial charge in [-0.05, 0) is 37.6 Å². The maximum atomic E-state index is 13.1. The highest BCUT2D eigenvalue weighted by Gasteiger charge is 2.36. The molecule has 2 aliphatic rings. The Labute approximate surface area is 152 Å². The molecule has 0 N–H and O–H groups in total. The minimum absolute atomic E-state index is 0.146. The number of pyridine rings is 1. The van der Waals surface area contributed by atoms with Crippen LogP contribution < -0.4 is 14.2 Å². The third-order valence-corrected chi connectivity index (χ3v) is 6.33. The summed E-state index contributed by atoms with van der Waals surface area (Å²) in [6, 6.07) is 8.65. The minimum Gasteiger partial charge on any atom is -0.487 e. The van der Waals surface area contributed by atoms with Gasteiger partial charge < -0.3 is 14.2 Å². The zero-order chi connectivity index (χ0) is 18.1. The predicted octanol–water partition coefficient (Wildman–Crippen LogP) is 2.00. The SMILES string of the molecule is Cc1ccc(O[C@H]2CCN(S(=O)(=O)c3cccc4c3OCCO4)C2)cn1. The van der Waals surface area contributed by atoms with E-state index >= 15 is 0 Å². The first-order valence-corrected chi connectivity index (χ1v) is 9.96. The zero-order valence-corrected chi connectivity index (χ0v) is 15.2. The second kappa shape index (κ2) is 6.77. The van der Waals surface area contributed by atoms with Crippen molar-refractivity contribution in [1.82, 2.24) is 9.29 Å². The maximum Gasteiger partial charge on any atom is 0.247 e. The third kappa shape index (κ3) is 3.22. The average molecular weight is 376 g/mol. The summed E-state index contributed by atoms with van der Waals surface area (Å²) in [6.45, 7) is 3.35. The third-order valence-electron chi connectivity index (χ3n) is 4.44. The number of aryl methyl sites for hydroxylation is 1. The van der Waals surface area contributed by atoms with Crippen LogP contribution >= 0.6 is 0 Å². The van der Waals surface area contributed by atoms with E-state index in [-0.39, 0.29) is 11.0 Å². The molecule has 3 heterocycles. The van der Waals surface area contributed by atoms with Crippen LogP contribution in [0.4, 0.5) is 0 Å². The molecule has 1 aromatic heterocycles. The number of sulfonamides is 1. The molecule has 0 bridgehead atoms. The lowest BCUT2D eigenvalue weighted by Gasteiger charge is -2.23. The second-order valence-electron chi connectivity index (χ2n) is 6.31. The van der Waals surface area contributed by atoms with Crippen LogP contribution in [-0.4, -0.2) is 50.1 Å². The number of hydrogen-bond donors (Lipinski definition) is 0. The number of ether oxygens (including phenoxy) is 3. The number of para-hydroxylation sites is 1. The molecule has 1 aromatic carbocycles. The van der Waals surface area contributed by atoms with Gasteiger partial charge in [0.15, 0.2) is 11.5 Å². The number of fused-ring (bicyclic) bond motifs is 1. The molecule has 0 saturated carbocycles. The molecule has 0 amide bonds. The van der Waals surface area contributed by atoms with Gasteiger partial charge in [-0.3, -0.25) is 4.98 Å². The predicted molar refractivity (Wildman–Crippen MR) is 94.2 cm³/mol. The van der Waals surface area contributed by atoms with Crippen molar-refractivity contribution in [3.8, 4) is 17.2 Å². The monoisotopic (exact) mass is 376 g/mol. The fraction of sp³-hybridized carbons (Fsp3) is 0.389. The van der Waals surface area contributed by atoms with E-state index in [1.807, 2.05) is 19.1 Å². The fourth-order valence-corrected chi connectivity index (χ4v) is 4.75. The summed E-state index contributed by atoms with van der Waals surface area (Å²) in [5.74, 6) is 1.41. The molecule has 8 heteroatoms. The van der Waals surface area contributed by atoms with Gasteiger partial charge in [-0.1, -0.05) is 6.07 Å². The van der Waals surface area contributed by atoms with Crippen LogP contribution in [0, 0.1) is 6.92 Å². The molecule has 0 radical (unpaired) electrons. The first-order valence-electron chi connectivity index (χ1n) is 8.52. The van der Waals surface area contributed by atoms with Gasteiger partial charge in [0, 0.05) is 12.2 Å². The first kappa shape index (κ1) is 17.1. The summed E-state index contributed by atoms with van der Waals surface area (Å²) < 4.78 is 44.5. The zero-order valence-electron chi connectivity index (χ0n) is 14.4. The van der Waals surface area contributed by atoms with Gasteiger partial charge in [0.1, 0.15) is 30.0 Å². The molecule has 4 rings (SSSR count). The number of rotatable bonds is 4. The lowest BCUT2D eigenvalue weighted by molar-refractivity contribution is 0.166. The van der Waals surface area contributed by atoms with Gasteiger partial charge in [-0.25, -0.2) is 8.42 Å². The summed E-state index contributed by atoms with van der Waals surface area (Å²) in [6.07, 6.45) is 2.08. The molecule has 1 atom stereocenters. The van der Waals surface area contributed by atoms with Gasteiger partial charge in [0.05, 0.1) is 12.7 Å². The van der Waals surface area contributed by atoms with E-state index in [1.54, 1.807) is 24.4 Å². The van der Waals surface area contributed by atoms with Crippen LogP contribution in [0.2, 0.25) is 0 Å². The van der Waals surface area contributed by atoms with E-state index in [2.05, 4.69) is 4.98 Å². The van der Waals surface area contributed by atoms with Crippen LogP contribution in [0.1, 0.15) is 12.1 Å². The Morgan fingerprint density at radius 1 is 1.19 bits per heavy atom. The van der Waals surface area contributed by atoms with Crippen molar-refractivity contribution >= 4 is 10.0 Å². The standard InChI is InChI=1S/C18H20N2O5S/c1-13-5-6-14(11-19-13)25-15-7-8-20(12-15)26(21,22)17-4-2-3-16-18(17)24-10-9-23-16/h2-6,11,15H,7-10,12H2,1H3/t15-/m0/s1. The topological polar surface area (TPSA) is 78.0 Å². The van der Waals surface area contributed by atoms with E-state index < -0.39 is 10.0 Å². The maximum absolute atomic E-state index is 13.1. The molecule has 2 aromatic rings. The Bertz CT molecular complexity index is 898. The van der Waals surface area contributed by atoms with Crippen molar-refractivity contribution in [3.63, 3.8) is 0 Å². The van der Waals surface area contributed by atoms with Crippen LogP contribution in [-0.2, 0) is 10.0 Å². The molecular weight excluding hydrogens is 356 g/mol. The van der Waals surface area contributed by atoms with E-state index in [0.717, 1.165) is 5.69 Å². The highest BCUT2D eigenvalue weighted by Crippen LogP contribution is 2.38. The largest absolute Gasteiger partial charge is 0.487 e. The average Bonchev–Trinajstić information content (AvgIpc) is 3.12. The van der Waals surface area contributed by atoms with Crippen molar-refractivity contribution in [3.05, 3.63) is 42.2 Å². The molecule has 0 spiro atoms. The number of benzene rings is 1. The van der Waals surface area contributed by atoms with Gasteiger partial charge >= 0.3 is 0 Å². The molecule has 0 aliphatic carbocycles. The Morgan fingerprint density at radius 2 is 2.04 bits per heavy atom. The summed E-state index contributed by atoms with van der Waals surface area (Å²) >= 11 is 0. The quantitative estimate of drug-likeness (QED) is 0.812. The Balaban J connectivity index is 1.52. The molecule has 1 saturated heterocycles. The van der Waals surface area contributed by atoms with E-state index in [1.165, 1.54) is 4.31 Å². The normalized spacial score (nSPS) is 20.1. The number of aromatic nitrogens is 1. The molecule has 2 aliphatic heterocycles. The smallest absolute Gasteiger partial charge is 0.247 e. The molecule has 26 heavy (non-hydrogen) atoms. The highest BCUT2D eigenvalue weighted by molar-refractivity contribution is 7.89. The number of hydrogen-bond acceptors (Lipinski definition) is 6.